The number of aldehydes is 1. The minimum atomic E-state index is -1.49. The number of aliphatic hydroxyl groups excluding tert-OH is 4. The third-order valence-electron chi connectivity index (χ3n) is 14.3. The van der Waals surface area contributed by atoms with Crippen LogP contribution < -0.4 is 0 Å². The van der Waals surface area contributed by atoms with Crippen LogP contribution in [0.2, 0.25) is 0 Å². The molecule has 0 spiro atoms. The van der Waals surface area contributed by atoms with E-state index in [1.54, 1.807) is 65.8 Å². The lowest BCUT2D eigenvalue weighted by Crippen LogP contribution is -2.65. The van der Waals surface area contributed by atoms with Crippen molar-refractivity contribution in [3.63, 3.8) is 0 Å². The average Bonchev–Trinajstić information content (AvgIpc) is 3.33. The van der Waals surface area contributed by atoms with Crippen LogP contribution in [0.15, 0.2) is 48.3 Å². The highest BCUT2D eigenvalue weighted by Gasteiger charge is 2.52. The third-order valence-corrected chi connectivity index (χ3v) is 14.3. The molecule has 21 nitrogen and oxygen atoms in total. The zero-order chi connectivity index (χ0) is 54.5. The number of methoxy groups -OCH3 is 2. The van der Waals surface area contributed by atoms with Crippen LogP contribution in [0, 0.1) is 23.7 Å². The Bertz CT molecular complexity index is 1950. The number of nitrogens with zero attached hydrogens (tertiary/aromatic N) is 2. The predicted octanol–water partition coefficient (Wildman–Crippen LogP) is 2.61. The van der Waals surface area contributed by atoms with Crippen LogP contribution in [0.4, 0.5) is 0 Å². The van der Waals surface area contributed by atoms with Gasteiger partial charge in [-0.2, -0.15) is 0 Å². The van der Waals surface area contributed by atoms with Crippen molar-refractivity contribution in [3.05, 3.63) is 53.9 Å². The number of aromatic nitrogens is 1. The van der Waals surface area contributed by atoms with Gasteiger partial charge in [-0.05, 0) is 85.7 Å². The summed E-state index contributed by atoms with van der Waals surface area (Å²) in [6, 6.07) is 2.33. The number of aliphatic hydroxyl groups is 5. The second kappa shape index (κ2) is 28.5. The molecule has 414 valence electrons. The fourth-order valence-electron chi connectivity index (χ4n) is 10.00. The molecule has 21 atom stereocenters. The second-order valence-electron chi connectivity index (χ2n) is 20.3. The fraction of sp³-hybridized carbons (Fsp3) is 0.750. The van der Waals surface area contributed by atoms with Gasteiger partial charge in [0.15, 0.2) is 24.7 Å². The lowest BCUT2D eigenvalue weighted by molar-refractivity contribution is -0.341. The number of carbonyl (C=O) groups excluding carboxylic acids is 3. The molecule has 73 heavy (non-hydrogen) atoms. The highest BCUT2D eigenvalue weighted by atomic mass is 16.7. The van der Waals surface area contributed by atoms with Gasteiger partial charge < -0.3 is 83.0 Å². The molecule has 1 unspecified atom stereocenters. The van der Waals surface area contributed by atoms with Gasteiger partial charge in [0.05, 0.1) is 60.8 Å². The first-order chi connectivity index (χ1) is 34.4. The van der Waals surface area contributed by atoms with Gasteiger partial charge in [0.1, 0.15) is 49.0 Å². The number of carboxylic acids is 1. The van der Waals surface area contributed by atoms with Crippen molar-refractivity contribution < 1.29 is 92.4 Å². The zero-order valence-corrected chi connectivity index (χ0v) is 44.3. The van der Waals surface area contributed by atoms with Crippen LogP contribution in [0.1, 0.15) is 97.9 Å². The SMILES string of the molecule is CC[C@H]1OC(=O)C[C@@H](O)[C@H](C)[C@@H](O[C@H]2O[C@H](C)[C@@H](O[C@H]3C[C@@](C)(O)[C@@H](O)[C@H](C)O3)[C@H](N(C)C)[C@H]2O)[C@@H](CC=O)C[C@@H](C)C(=O)/C=C/C(C)=C/C1CO[C@@H]1O[C@H](C)[C@@H](O)[C@@H](OC)[C@H]1OC.O=C(O)c1cccnc1. The smallest absolute Gasteiger partial charge is 0.337 e. The first kappa shape index (κ1) is 61.9. The van der Waals surface area contributed by atoms with Gasteiger partial charge >= 0.3 is 11.9 Å². The standard InChI is InChI=1S/C46H77NO17.C6H5NO2/c1-13-33-30(22-58-45-42(57-12)41(56-11)37(52)26(5)60-45)18-23(2)14-15-31(49)24(3)19-29(16-17-48)39(25(4)32(50)20-34(51)62-33)64-44-38(53)36(47(9)10)40(27(6)61-44)63-35-21-46(8,55)43(54)28(7)59-35;8-6(9)5-2-1-3-7-4-5/h14-15,17-18,24-30,32-33,35-45,50,52-55H,13,16,19-22H2,1-12H3;1-4H,(H,8,9)/b15-14+,23-18+;/t24-,25+,26-,27-,28+,29+,30?,32-,33-,35+,36-,37-,38-,39-,40-,41-,42-,43+,44-,45-,46-;/m1./s1. The molecule has 4 aliphatic rings. The Morgan fingerprint density at radius 2 is 1.58 bits per heavy atom. The van der Waals surface area contributed by atoms with Crippen molar-refractivity contribution in [2.24, 2.45) is 23.7 Å². The Morgan fingerprint density at radius 1 is 0.904 bits per heavy atom. The maximum absolute atomic E-state index is 13.8. The molecule has 0 bridgehead atoms. The Balaban J connectivity index is 0.00000115. The maximum Gasteiger partial charge on any atom is 0.337 e. The van der Waals surface area contributed by atoms with Crippen LogP contribution in [-0.2, 0) is 57.0 Å². The van der Waals surface area contributed by atoms with E-state index in [1.807, 2.05) is 19.9 Å². The molecule has 5 rings (SSSR count). The molecular formula is C52H82N2O19. The van der Waals surface area contributed by atoms with Gasteiger partial charge in [-0.1, -0.05) is 38.5 Å². The lowest BCUT2D eigenvalue weighted by Gasteiger charge is -2.50. The Kier molecular flexibility index (Phi) is 24.1. The van der Waals surface area contributed by atoms with Gasteiger partial charge in [-0.15, -0.1) is 0 Å². The molecule has 0 aromatic carbocycles. The minimum absolute atomic E-state index is 0.00788. The van der Waals surface area contributed by atoms with Crippen molar-refractivity contribution in [2.75, 3.05) is 34.9 Å². The van der Waals surface area contributed by atoms with Crippen molar-refractivity contribution in [1.82, 2.24) is 9.88 Å². The Hall–Kier alpha value is -3.65. The van der Waals surface area contributed by atoms with Gasteiger partial charge in [-0.3, -0.25) is 14.6 Å². The zero-order valence-electron chi connectivity index (χ0n) is 44.3. The summed E-state index contributed by atoms with van der Waals surface area (Å²) in [6.45, 7) is 13.6. The van der Waals surface area contributed by atoms with Crippen LogP contribution in [0.25, 0.3) is 0 Å². The number of likely N-dealkylation sites (N-methyl/N-ethyl adjacent to an activating group) is 1. The van der Waals surface area contributed by atoms with Crippen molar-refractivity contribution in [1.29, 1.82) is 0 Å². The summed E-state index contributed by atoms with van der Waals surface area (Å²) in [5.41, 5.74) is -0.586. The number of aromatic carboxylic acids is 1. The van der Waals surface area contributed by atoms with E-state index < -0.39 is 146 Å². The number of ketones is 1. The number of carboxylic acid groups (broad SMARTS) is 1. The minimum Gasteiger partial charge on any atom is -0.478 e. The van der Waals surface area contributed by atoms with E-state index >= 15 is 0 Å². The van der Waals surface area contributed by atoms with Crippen molar-refractivity contribution in [2.45, 2.75) is 191 Å². The molecule has 0 saturated carbocycles. The number of hydrogen-bond acceptors (Lipinski definition) is 20. The van der Waals surface area contributed by atoms with E-state index in [-0.39, 0.29) is 37.2 Å². The number of carbonyl (C=O) groups is 4. The number of esters is 1. The Morgan fingerprint density at radius 3 is 2.14 bits per heavy atom. The summed E-state index contributed by atoms with van der Waals surface area (Å²) in [7, 11) is 6.43. The van der Waals surface area contributed by atoms with E-state index in [4.69, 9.17) is 47.7 Å². The van der Waals surface area contributed by atoms with Gasteiger partial charge in [0.25, 0.3) is 0 Å². The predicted molar refractivity (Wildman–Crippen MR) is 262 cm³/mol. The van der Waals surface area contributed by atoms with Gasteiger partial charge in [0, 0.05) is 57.2 Å². The fourth-order valence-corrected chi connectivity index (χ4v) is 10.00. The summed E-state index contributed by atoms with van der Waals surface area (Å²) >= 11 is 0. The highest BCUT2D eigenvalue weighted by Crippen LogP contribution is 2.37. The molecule has 5 heterocycles. The molecule has 3 saturated heterocycles. The molecule has 21 heteroatoms. The van der Waals surface area contributed by atoms with Gasteiger partial charge in [-0.25, -0.2) is 4.79 Å². The maximum atomic E-state index is 13.8. The summed E-state index contributed by atoms with van der Waals surface area (Å²) in [5, 5.41) is 64.1. The third kappa shape index (κ3) is 16.7. The molecular weight excluding hydrogens is 957 g/mol. The second-order valence-corrected chi connectivity index (χ2v) is 20.3. The molecule has 3 fully saturated rings. The number of allylic oxidation sites excluding steroid dienone is 3. The number of ether oxygens (including phenoxy) is 9. The van der Waals surface area contributed by atoms with E-state index in [9.17, 15) is 44.7 Å². The topological polar surface area (TPSA) is 289 Å². The van der Waals surface area contributed by atoms with E-state index in [0.29, 0.717) is 12.0 Å². The van der Waals surface area contributed by atoms with Crippen LogP contribution in [0.5, 0.6) is 0 Å². The first-order valence-corrected chi connectivity index (χ1v) is 25.1. The molecule has 0 aliphatic carbocycles. The van der Waals surface area contributed by atoms with Crippen LogP contribution >= 0.6 is 0 Å². The van der Waals surface area contributed by atoms with E-state index in [1.165, 1.54) is 45.7 Å². The largest absolute Gasteiger partial charge is 0.478 e. The first-order valence-electron chi connectivity index (χ1n) is 25.1. The normalized spacial score (nSPS) is 41.4. The molecule has 6 N–H and O–H groups in total. The number of hydrogen-bond donors (Lipinski definition) is 6. The van der Waals surface area contributed by atoms with Crippen molar-refractivity contribution in [3.8, 4) is 0 Å². The number of pyridine rings is 1. The summed E-state index contributed by atoms with van der Waals surface area (Å²) in [5.74, 6) is -4.53. The molecule has 1 aromatic rings. The summed E-state index contributed by atoms with van der Waals surface area (Å²) < 4.78 is 54.7. The Labute approximate surface area is 429 Å². The monoisotopic (exact) mass is 1040 g/mol. The number of rotatable bonds is 14. The highest BCUT2D eigenvalue weighted by molar-refractivity contribution is 5.91. The molecule has 0 radical (unpaired) electrons. The summed E-state index contributed by atoms with van der Waals surface area (Å²) in [6.07, 6.45) is -5.65. The molecule has 4 aliphatic heterocycles. The average molecular weight is 1040 g/mol. The quantitative estimate of drug-likeness (QED) is 0.115. The summed E-state index contributed by atoms with van der Waals surface area (Å²) in [4.78, 5) is 55.3. The van der Waals surface area contributed by atoms with E-state index in [2.05, 4.69) is 4.98 Å². The van der Waals surface area contributed by atoms with E-state index in [0.717, 1.165) is 6.29 Å². The van der Waals surface area contributed by atoms with Crippen molar-refractivity contribution >= 4 is 24.0 Å². The van der Waals surface area contributed by atoms with Gasteiger partial charge in [0.2, 0.25) is 0 Å². The lowest BCUT2D eigenvalue weighted by atomic mass is 9.79. The van der Waals surface area contributed by atoms with Crippen LogP contribution in [0.3, 0.4) is 0 Å². The molecule has 0 amide bonds. The number of cyclic esters (lactones) is 1. The van der Waals surface area contributed by atoms with Crippen LogP contribution in [-0.4, -0.2) is 203 Å². The molecule has 1 aromatic heterocycles.